The van der Waals surface area contributed by atoms with Gasteiger partial charge in [-0.1, -0.05) is 18.2 Å². The molecule has 0 saturated carbocycles. The minimum absolute atomic E-state index is 0.0379. The highest BCUT2D eigenvalue weighted by molar-refractivity contribution is 6.07. The lowest BCUT2D eigenvalue weighted by molar-refractivity contribution is 0.0304. The minimum atomic E-state index is 0.0379. The maximum Gasteiger partial charge on any atom is 0.254 e. The van der Waals surface area contributed by atoms with Gasteiger partial charge < -0.3 is 24.0 Å². The number of methoxy groups -OCH3 is 2. The quantitative estimate of drug-likeness (QED) is 0.588. The topological polar surface area (TPSA) is 64.1 Å². The average molecular weight is 448 g/mol. The number of fused-ring (bicyclic) bond motifs is 1. The molecule has 2 aliphatic rings. The Hall–Kier alpha value is -3.32. The van der Waals surface area contributed by atoms with E-state index in [1.54, 1.807) is 14.2 Å². The number of carbonyl (C=O) groups excluding carboxylic acids is 1. The molecule has 172 valence electrons. The molecule has 7 heteroatoms. The van der Waals surface area contributed by atoms with E-state index in [-0.39, 0.29) is 11.9 Å². The number of amides is 1. The summed E-state index contributed by atoms with van der Waals surface area (Å²) in [5, 5.41) is 0.885. The Labute approximate surface area is 193 Å². The van der Waals surface area contributed by atoms with Crippen molar-refractivity contribution in [1.82, 2.24) is 9.88 Å². The third-order valence-electron chi connectivity index (χ3n) is 6.58. The second-order valence-corrected chi connectivity index (χ2v) is 8.41. The first-order chi connectivity index (χ1) is 16.2. The Bertz CT molecular complexity index is 1160. The molecule has 0 N–H and O–H groups in total. The van der Waals surface area contributed by atoms with E-state index in [1.165, 1.54) is 0 Å². The van der Waals surface area contributed by atoms with Crippen molar-refractivity contribution in [3.63, 3.8) is 0 Å². The smallest absolute Gasteiger partial charge is 0.254 e. The van der Waals surface area contributed by atoms with Gasteiger partial charge in [0.05, 0.1) is 44.6 Å². The van der Waals surface area contributed by atoms with Crippen molar-refractivity contribution in [3.8, 4) is 11.5 Å². The molecule has 0 unspecified atom stereocenters. The Morgan fingerprint density at radius 3 is 2.64 bits per heavy atom. The first-order valence-electron chi connectivity index (χ1n) is 11.4. The Kier molecular flexibility index (Phi) is 6.05. The average Bonchev–Trinajstić information content (AvgIpc) is 3.37. The van der Waals surface area contributed by atoms with Gasteiger partial charge in [0, 0.05) is 36.7 Å². The molecule has 0 aliphatic carbocycles. The number of ether oxygens (including phenoxy) is 3. The number of para-hydroxylation sites is 1. The maximum absolute atomic E-state index is 13.5. The normalized spacial score (nSPS) is 18.5. The van der Waals surface area contributed by atoms with E-state index in [1.807, 2.05) is 47.4 Å². The lowest BCUT2D eigenvalue weighted by atomic mass is 10.0. The number of hydrogen-bond donors (Lipinski definition) is 0. The van der Waals surface area contributed by atoms with Gasteiger partial charge in [-0.2, -0.15) is 0 Å². The molecule has 2 saturated heterocycles. The third-order valence-corrected chi connectivity index (χ3v) is 6.58. The number of pyridine rings is 1. The zero-order valence-electron chi connectivity index (χ0n) is 19.1. The highest BCUT2D eigenvalue weighted by atomic mass is 16.5. The van der Waals surface area contributed by atoms with Crippen LogP contribution in [0.3, 0.4) is 0 Å². The predicted octanol–water partition coefficient (Wildman–Crippen LogP) is 4.07. The molecule has 0 bridgehead atoms. The molecule has 2 fully saturated rings. The van der Waals surface area contributed by atoms with Crippen LogP contribution >= 0.6 is 0 Å². The molecule has 2 aromatic carbocycles. The van der Waals surface area contributed by atoms with Gasteiger partial charge in [0.1, 0.15) is 17.3 Å². The molecule has 7 nitrogen and oxygen atoms in total. The summed E-state index contributed by atoms with van der Waals surface area (Å²) in [5.41, 5.74) is 2.63. The number of hydrogen-bond acceptors (Lipinski definition) is 6. The molecule has 1 atom stereocenters. The van der Waals surface area contributed by atoms with Gasteiger partial charge in [0.25, 0.3) is 5.91 Å². The van der Waals surface area contributed by atoms with Crippen molar-refractivity contribution < 1.29 is 19.0 Å². The molecular formula is C26H29N3O4. The highest BCUT2D eigenvalue weighted by Crippen LogP contribution is 2.41. The second kappa shape index (κ2) is 9.27. The SMILES string of the molecule is COc1ccc([C@@H]2CCCN2c2cc(C(=O)N3CCOCC3)c3ccccc3n2)c(OC)c1. The van der Waals surface area contributed by atoms with Gasteiger partial charge >= 0.3 is 0 Å². The molecule has 2 aliphatic heterocycles. The van der Waals surface area contributed by atoms with E-state index in [0.717, 1.165) is 53.2 Å². The first kappa shape index (κ1) is 21.5. The number of benzene rings is 2. The lowest BCUT2D eigenvalue weighted by Gasteiger charge is -2.30. The van der Waals surface area contributed by atoms with Crippen molar-refractivity contribution in [3.05, 3.63) is 59.7 Å². The minimum Gasteiger partial charge on any atom is -0.497 e. The van der Waals surface area contributed by atoms with Crippen LogP contribution in [-0.2, 0) is 4.74 Å². The molecule has 0 spiro atoms. The molecule has 1 amide bonds. The van der Waals surface area contributed by atoms with Crippen LogP contribution in [-0.4, -0.2) is 62.9 Å². The predicted molar refractivity (Wildman–Crippen MR) is 127 cm³/mol. The van der Waals surface area contributed by atoms with E-state index < -0.39 is 0 Å². The third kappa shape index (κ3) is 4.09. The molecular weight excluding hydrogens is 418 g/mol. The monoisotopic (exact) mass is 447 g/mol. The van der Waals surface area contributed by atoms with Crippen LogP contribution in [0.4, 0.5) is 5.82 Å². The van der Waals surface area contributed by atoms with E-state index in [4.69, 9.17) is 19.2 Å². The number of anilines is 1. The summed E-state index contributed by atoms with van der Waals surface area (Å²) in [6.07, 6.45) is 2.03. The van der Waals surface area contributed by atoms with Gasteiger partial charge in [-0.05, 0) is 37.1 Å². The van der Waals surface area contributed by atoms with Crippen LogP contribution in [0.5, 0.6) is 11.5 Å². The maximum atomic E-state index is 13.5. The summed E-state index contributed by atoms with van der Waals surface area (Å²) in [6, 6.07) is 15.9. The van der Waals surface area contributed by atoms with Crippen LogP contribution in [0.2, 0.25) is 0 Å². The van der Waals surface area contributed by atoms with Gasteiger partial charge in [0.2, 0.25) is 0 Å². The Morgan fingerprint density at radius 2 is 1.85 bits per heavy atom. The molecule has 1 aromatic heterocycles. The van der Waals surface area contributed by atoms with Crippen LogP contribution in [0.25, 0.3) is 10.9 Å². The van der Waals surface area contributed by atoms with Gasteiger partial charge in [-0.15, -0.1) is 0 Å². The summed E-state index contributed by atoms with van der Waals surface area (Å²) >= 11 is 0. The van der Waals surface area contributed by atoms with Crippen LogP contribution in [0.1, 0.15) is 34.8 Å². The van der Waals surface area contributed by atoms with Crippen LogP contribution in [0, 0.1) is 0 Å². The number of nitrogens with zero attached hydrogens (tertiary/aromatic N) is 3. The first-order valence-corrected chi connectivity index (χ1v) is 11.4. The molecule has 33 heavy (non-hydrogen) atoms. The lowest BCUT2D eigenvalue weighted by Crippen LogP contribution is -2.40. The summed E-state index contributed by atoms with van der Waals surface area (Å²) < 4.78 is 16.5. The zero-order chi connectivity index (χ0) is 22.8. The molecule has 5 rings (SSSR count). The fraction of sp³-hybridized carbons (Fsp3) is 0.385. The number of morpholine rings is 1. The Balaban J connectivity index is 1.56. The van der Waals surface area contributed by atoms with Crippen molar-refractivity contribution in [1.29, 1.82) is 0 Å². The van der Waals surface area contributed by atoms with Crippen LogP contribution in [0.15, 0.2) is 48.5 Å². The summed E-state index contributed by atoms with van der Waals surface area (Å²) in [6.45, 7) is 3.25. The van der Waals surface area contributed by atoms with Crippen molar-refractivity contribution in [2.75, 3.05) is 52.0 Å². The fourth-order valence-electron chi connectivity index (χ4n) is 4.88. The number of aromatic nitrogens is 1. The molecule has 3 heterocycles. The van der Waals surface area contributed by atoms with Crippen molar-refractivity contribution in [2.24, 2.45) is 0 Å². The molecule has 3 aromatic rings. The number of carbonyl (C=O) groups is 1. The zero-order valence-corrected chi connectivity index (χ0v) is 19.1. The summed E-state index contributed by atoms with van der Waals surface area (Å²) in [5.74, 6) is 2.43. The van der Waals surface area contributed by atoms with Crippen molar-refractivity contribution >= 4 is 22.6 Å². The summed E-state index contributed by atoms with van der Waals surface area (Å²) in [7, 11) is 3.34. The summed E-state index contributed by atoms with van der Waals surface area (Å²) in [4.78, 5) is 22.6. The van der Waals surface area contributed by atoms with E-state index in [9.17, 15) is 4.79 Å². The van der Waals surface area contributed by atoms with E-state index in [0.29, 0.717) is 31.9 Å². The van der Waals surface area contributed by atoms with E-state index in [2.05, 4.69) is 11.0 Å². The second-order valence-electron chi connectivity index (χ2n) is 8.41. The number of rotatable bonds is 5. The van der Waals surface area contributed by atoms with Crippen LogP contribution < -0.4 is 14.4 Å². The standard InChI is InChI=1S/C26H29N3O4/c1-31-18-9-10-20(24(16-18)32-2)23-8-5-11-29(23)25-17-21(19-6-3-4-7-22(19)27-25)26(30)28-12-14-33-15-13-28/h3-4,6-7,9-10,16-17,23H,5,8,11-15H2,1-2H3/t23-/m0/s1. The van der Waals surface area contributed by atoms with Gasteiger partial charge in [0.15, 0.2) is 0 Å². The van der Waals surface area contributed by atoms with E-state index >= 15 is 0 Å². The largest absolute Gasteiger partial charge is 0.497 e. The van der Waals surface area contributed by atoms with Crippen molar-refractivity contribution in [2.45, 2.75) is 18.9 Å². The van der Waals surface area contributed by atoms with Gasteiger partial charge in [-0.25, -0.2) is 4.98 Å². The Morgan fingerprint density at radius 1 is 1.03 bits per heavy atom. The molecule has 0 radical (unpaired) electrons. The fourth-order valence-corrected chi connectivity index (χ4v) is 4.88. The van der Waals surface area contributed by atoms with Gasteiger partial charge in [-0.3, -0.25) is 4.79 Å². The highest BCUT2D eigenvalue weighted by Gasteiger charge is 2.31.